The summed E-state index contributed by atoms with van der Waals surface area (Å²) < 4.78 is 13.9. The summed E-state index contributed by atoms with van der Waals surface area (Å²) >= 11 is 1.88. The number of allylic oxidation sites excluding steroid dienone is 1. The van der Waals surface area contributed by atoms with Crippen molar-refractivity contribution in [2.24, 2.45) is 17.8 Å². The number of nitrogens with zero attached hydrogens (tertiary/aromatic N) is 1. The lowest BCUT2D eigenvalue weighted by Gasteiger charge is -2.30. The number of phenols is 1. The number of anilines is 1. The fraction of sp³-hybridized carbons (Fsp3) is 0.471. The maximum Gasteiger partial charge on any atom is 0.227 e. The molecule has 0 bridgehead atoms. The molecule has 0 spiro atoms. The van der Waals surface area contributed by atoms with Gasteiger partial charge in [0.05, 0.1) is 11.6 Å². The van der Waals surface area contributed by atoms with Crippen molar-refractivity contribution in [3.05, 3.63) is 65.0 Å². The number of hydrogen-bond donors (Lipinski definition) is 2. The first kappa shape index (κ1) is 31.0. The molecule has 0 radical (unpaired) electrons. The van der Waals surface area contributed by atoms with E-state index in [2.05, 4.69) is 5.32 Å². The lowest BCUT2D eigenvalue weighted by Crippen LogP contribution is -2.41. The van der Waals surface area contributed by atoms with Crippen LogP contribution in [0, 0.1) is 23.6 Å². The molecule has 7 nitrogen and oxygen atoms in total. The number of nitrogens with one attached hydrogen (secondary N) is 1. The summed E-state index contributed by atoms with van der Waals surface area (Å²) in [6.07, 6.45) is 7.31. The molecule has 2 N–H and O–H groups in total. The van der Waals surface area contributed by atoms with Crippen molar-refractivity contribution in [3.8, 4) is 5.75 Å². The quantitative estimate of drug-likeness (QED) is 0.270. The van der Waals surface area contributed by atoms with E-state index in [0.717, 1.165) is 55.6 Å². The van der Waals surface area contributed by atoms with Crippen LogP contribution in [0.2, 0.25) is 0 Å². The zero-order valence-electron chi connectivity index (χ0n) is 24.5. The zero-order chi connectivity index (χ0) is 30.5. The molecule has 9 heteroatoms. The Balaban J connectivity index is 1.18. The van der Waals surface area contributed by atoms with Gasteiger partial charge in [-0.2, -0.15) is 11.8 Å². The Morgan fingerprint density at radius 1 is 1.02 bits per heavy atom. The molecule has 3 aliphatic rings. The summed E-state index contributed by atoms with van der Waals surface area (Å²) in [7, 11) is 0. The predicted molar refractivity (Wildman–Crippen MR) is 167 cm³/mol. The number of benzene rings is 2. The van der Waals surface area contributed by atoms with Crippen molar-refractivity contribution in [1.82, 2.24) is 5.32 Å². The Morgan fingerprint density at radius 3 is 2.44 bits per heavy atom. The zero-order valence-corrected chi connectivity index (χ0v) is 25.3. The van der Waals surface area contributed by atoms with Gasteiger partial charge in [-0.15, -0.1) is 0 Å². The second kappa shape index (κ2) is 13.9. The number of ketones is 2. The molecule has 1 aliphatic carbocycles. The van der Waals surface area contributed by atoms with Gasteiger partial charge in [0, 0.05) is 31.0 Å². The number of amides is 2. The van der Waals surface area contributed by atoms with E-state index in [1.807, 2.05) is 17.8 Å². The number of carbonyl (C=O) groups is 4. The maximum atomic E-state index is 13.9. The van der Waals surface area contributed by atoms with E-state index in [4.69, 9.17) is 0 Å². The van der Waals surface area contributed by atoms with Crippen LogP contribution in [0.3, 0.4) is 0 Å². The first-order chi connectivity index (χ1) is 20.7. The summed E-state index contributed by atoms with van der Waals surface area (Å²) in [4.78, 5) is 53.1. The summed E-state index contributed by atoms with van der Waals surface area (Å²) in [6, 6.07) is 10.8. The van der Waals surface area contributed by atoms with Gasteiger partial charge in [-0.05, 0) is 110 Å². The Bertz CT molecular complexity index is 1410. The van der Waals surface area contributed by atoms with Gasteiger partial charge in [-0.3, -0.25) is 19.2 Å². The first-order valence-corrected chi connectivity index (χ1v) is 16.4. The molecule has 2 aliphatic heterocycles. The number of Topliss-reactive ketones (excluding diaryl/α,β-unsaturated/α-hetero) is 2. The van der Waals surface area contributed by atoms with Crippen molar-refractivity contribution < 1.29 is 28.7 Å². The van der Waals surface area contributed by atoms with Gasteiger partial charge < -0.3 is 15.3 Å². The third-order valence-corrected chi connectivity index (χ3v) is 10.1. The Hall–Kier alpha value is -3.46. The number of aromatic hydroxyl groups is 1. The molecule has 3 fully saturated rings. The number of rotatable bonds is 9. The SMILES string of the molecule is CC(=O)c1cc(F)ccc1/C=C(/C(=O)CC1CCC(NC(=O)C2CC(=O)N(c3ccccc3O)C2)CC1)C1CCSCC1. The van der Waals surface area contributed by atoms with Gasteiger partial charge in [-0.25, -0.2) is 4.39 Å². The van der Waals surface area contributed by atoms with E-state index in [9.17, 15) is 28.7 Å². The number of carbonyl (C=O) groups excluding carboxylic acids is 4. The van der Waals surface area contributed by atoms with Crippen LogP contribution in [0.4, 0.5) is 10.1 Å². The largest absolute Gasteiger partial charge is 0.506 e. The number of para-hydroxylation sites is 2. The van der Waals surface area contributed by atoms with E-state index in [1.165, 1.54) is 30.0 Å². The topological polar surface area (TPSA) is 104 Å². The molecular weight excluding hydrogens is 567 g/mol. The maximum absolute atomic E-state index is 13.9. The molecule has 1 saturated carbocycles. The van der Waals surface area contributed by atoms with Gasteiger partial charge in [0.2, 0.25) is 11.8 Å². The standard InChI is InChI=1S/C34H39FN2O5S/c1-21(38)28-19-26(35)9-8-24(28)17-29(23-12-14-43-15-13-23)32(40)16-22-6-10-27(11-7-22)36-34(42)25-18-33(41)37(20-25)30-4-2-3-5-31(30)39/h2-5,8-9,17,19,22-23,25,27,39H,6-7,10-16,18,20H2,1H3,(H,36,42)/b29-17+. The van der Waals surface area contributed by atoms with Gasteiger partial charge in [0.15, 0.2) is 11.6 Å². The van der Waals surface area contributed by atoms with Gasteiger partial charge in [-0.1, -0.05) is 18.2 Å². The average molecular weight is 607 g/mol. The highest BCUT2D eigenvalue weighted by Crippen LogP contribution is 2.36. The fourth-order valence-corrected chi connectivity index (χ4v) is 7.69. The minimum Gasteiger partial charge on any atom is -0.506 e. The number of hydrogen-bond acceptors (Lipinski definition) is 6. The molecule has 228 valence electrons. The lowest BCUT2D eigenvalue weighted by atomic mass is 9.79. The van der Waals surface area contributed by atoms with E-state index >= 15 is 0 Å². The van der Waals surface area contributed by atoms with Crippen molar-refractivity contribution in [2.75, 3.05) is 23.0 Å². The second-order valence-corrected chi connectivity index (χ2v) is 13.2. The molecule has 0 aromatic heterocycles. The van der Waals surface area contributed by atoms with Crippen molar-refractivity contribution >= 4 is 46.9 Å². The monoisotopic (exact) mass is 606 g/mol. The van der Waals surface area contributed by atoms with Gasteiger partial charge >= 0.3 is 0 Å². The van der Waals surface area contributed by atoms with Crippen LogP contribution in [0.1, 0.15) is 74.2 Å². The fourth-order valence-electron chi connectivity index (χ4n) is 6.58. The normalized spacial score (nSPS) is 23.3. The smallest absolute Gasteiger partial charge is 0.227 e. The molecule has 1 atom stereocenters. The first-order valence-electron chi connectivity index (χ1n) is 15.2. The summed E-state index contributed by atoms with van der Waals surface area (Å²) in [5, 5.41) is 13.3. The minimum absolute atomic E-state index is 0.00384. The molecule has 5 rings (SSSR count). The van der Waals surface area contributed by atoms with Crippen LogP contribution in [0.15, 0.2) is 48.0 Å². The summed E-state index contributed by atoms with van der Waals surface area (Å²) in [6.45, 7) is 1.65. The number of thioether (sulfide) groups is 1. The van der Waals surface area contributed by atoms with Crippen LogP contribution >= 0.6 is 11.8 Å². The van der Waals surface area contributed by atoms with Crippen LogP contribution in [-0.2, 0) is 14.4 Å². The molecule has 43 heavy (non-hydrogen) atoms. The van der Waals surface area contributed by atoms with E-state index < -0.39 is 11.7 Å². The van der Waals surface area contributed by atoms with Crippen LogP contribution in [-0.4, -0.2) is 52.6 Å². The van der Waals surface area contributed by atoms with Crippen molar-refractivity contribution in [2.45, 2.75) is 64.3 Å². The molecule has 2 aromatic carbocycles. The predicted octanol–water partition coefficient (Wildman–Crippen LogP) is 5.95. The molecule has 2 heterocycles. The number of halogens is 1. The molecule has 2 amide bonds. The average Bonchev–Trinajstić information content (AvgIpc) is 3.39. The lowest BCUT2D eigenvalue weighted by molar-refractivity contribution is -0.127. The summed E-state index contributed by atoms with van der Waals surface area (Å²) in [5.74, 6) is 0.906. The highest BCUT2D eigenvalue weighted by molar-refractivity contribution is 7.99. The molecule has 2 aromatic rings. The second-order valence-electron chi connectivity index (χ2n) is 12.0. The highest BCUT2D eigenvalue weighted by atomic mass is 32.2. The van der Waals surface area contributed by atoms with Crippen molar-refractivity contribution in [1.29, 1.82) is 0 Å². The summed E-state index contributed by atoms with van der Waals surface area (Å²) in [5.41, 5.74) is 2.04. The van der Waals surface area contributed by atoms with Gasteiger partial charge in [0.25, 0.3) is 0 Å². The Kier molecular flexibility index (Phi) is 10.0. The Morgan fingerprint density at radius 2 is 1.74 bits per heavy atom. The van der Waals surface area contributed by atoms with Crippen LogP contribution < -0.4 is 10.2 Å². The highest BCUT2D eigenvalue weighted by Gasteiger charge is 2.37. The van der Waals surface area contributed by atoms with Crippen LogP contribution in [0.5, 0.6) is 5.75 Å². The molecular formula is C34H39FN2O5S. The van der Waals surface area contributed by atoms with E-state index in [0.29, 0.717) is 23.2 Å². The van der Waals surface area contributed by atoms with Crippen molar-refractivity contribution in [3.63, 3.8) is 0 Å². The van der Waals surface area contributed by atoms with E-state index in [1.54, 1.807) is 24.3 Å². The third kappa shape index (κ3) is 7.55. The van der Waals surface area contributed by atoms with E-state index in [-0.39, 0.29) is 60.0 Å². The third-order valence-electron chi connectivity index (χ3n) is 9.02. The Labute approximate surface area is 256 Å². The number of phenolic OH excluding ortho intramolecular Hbond substituents is 1. The van der Waals surface area contributed by atoms with Crippen LogP contribution in [0.25, 0.3) is 6.08 Å². The van der Waals surface area contributed by atoms with Gasteiger partial charge in [0.1, 0.15) is 11.6 Å². The molecule has 1 unspecified atom stereocenters. The minimum atomic E-state index is -0.473. The molecule has 2 saturated heterocycles.